The molecule has 0 fully saturated rings. The summed E-state index contributed by atoms with van der Waals surface area (Å²) in [6.07, 6.45) is 0. The van der Waals surface area contributed by atoms with Crippen LogP contribution in [0.2, 0.25) is 0 Å². The van der Waals surface area contributed by atoms with Gasteiger partial charge in [-0.1, -0.05) is 6.07 Å². The molecule has 2 rings (SSSR count). The van der Waals surface area contributed by atoms with Gasteiger partial charge in [-0.15, -0.1) is 22.7 Å². The van der Waals surface area contributed by atoms with Gasteiger partial charge in [0.05, 0.1) is 6.04 Å². The number of thiophene rings is 2. The first-order chi connectivity index (χ1) is 8.58. The average Bonchev–Trinajstić information content (AvgIpc) is 2.90. The monoisotopic (exact) mass is 344 g/mol. The maximum absolute atomic E-state index is 6.16. The molecule has 98 valence electrons. The number of likely N-dealkylation sites (N-methyl/N-ethyl adjacent to an activating group) is 1. The Morgan fingerprint density at radius 2 is 2.22 bits per heavy atom. The molecule has 0 amide bonds. The number of nitrogens with two attached hydrogens (primary N) is 1. The Morgan fingerprint density at radius 1 is 1.44 bits per heavy atom. The lowest BCUT2D eigenvalue weighted by atomic mass is 10.1. The van der Waals surface area contributed by atoms with E-state index >= 15 is 0 Å². The highest BCUT2D eigenvalue weighted by atomic mass is 79.9. The third-order valence-electron chi connectivity index (χ3n) is 2.84. The highest BCUT2D eigenvalue weighted by molar-refractivity contribution is 9.10. The largest absolute Gasteiger partial charge is 0.326 e. The molecule has 0 aromatic carbocycles. The van der Waals surface area contributed by atoms with Crippen molar-refractivity contribution in [3.05, 3.63) is 43.2 Å². The minimum atomic E-state index is 0.112. The lowest BCUT2D eigenvalue weighted by Crippen LogP contribution is -2.36. The van der Waals surface area contributed by atoms with E-state index in [0.717, 1.165) is 11.0 Å². The summed E-state index contributed by atoms with van der Waals surface area (Å²) in [4.78, 5) is 5.02. The number of hydrogen-bond acceptors (Lipinski definition) is 4. The Balaban J connectivity index is 2.15. The Bertz CT molecular complexity index is 479. The molecule has 18 heavy (non-hydrogen) atoms. The minimum absolute atomic E-state index is 0.112. The Labute approximate surface area is 125 Å². The molecule has 2 aromatic heterocycles. The molecular weight excluding hydrogens is 328 g/mol. The topological polar surface area (TPSA) is 29.3 Å². The third-order valence-corrected chi connectivity index (χ3v) is 5.46. The molecule has 2 unspecified atom stereocenters. The van der Waals surface area contributed by atoms with Crippen LogP contribution in [0.15, 0.2) is 33.4 Å². The fourth-order valence-corrected chi connectivity index (χ4v) is 4.60. The van der Waals surface area contributed by atoms with Crippen LogP contribution in [0.3, 0.4) is 0 Å². The van der Waals surface area contributed by atoms with Crippen LogP contribution in [0.25, 0.3) is 0 Å². The van der Waals surface area contributed by atoms with Crippen LogP contribution in [-0.4, -0.2) is 18.0 Å². The first-order valence-corrected chi connectivity index (χ1v) is 8.35. The van der Waals surface area contributed by atoms with Gasteiger partial charge in [0.1, 0.15) is 0 Å². The third kappa shape index (κ3) is 3.42. The molecule has 0 aliphatic heterocycles. The highest BCUT2D eigenvalue weighted by Crippen LogP contribution is 2.31. The molecule has 0 saturated carbocycles. The summed E-state index contributed by atoms with van der Waals surface area (Å²) in [6, 6.07) is 6.81. The molecular formula is C13H17BrN2S2. The van der Waals surface area contributed by atoms with E-state index in [-0.39, 0.29) is 12.1 Å². The van der Waals surface area contributed by atoms with Crippen LogP contribution in [0.5, 0.6) is 0 Å². The molecule has 0 spiro atoms. The van der Waals surface area contributed by atoms with E-state index in [4.69, 9.17) is 5.73 Å². The van der Waals surface area contributed by atoms with E-state index in [2.05, 4.69) is 63.8 Å². The van der Waals surface area contributed by atoms with Crippen LogP contribution in [-0.2, 0) is 6.54 Å². The summed E-state index contributed by atoms with van der Waals surface area (Å²) in [6.45, 7) is 3.02. The molecule has 0 radical (unpaired) electrons. The Morgan fingerprint density at radius 3 is 2.72 bits per heavy atom. The summed E-state index contributed by atoms with van der Waals surface area (Å²) in [5.74, 6) is 0. The van der Waals surface area contributed by atoms with Gasteiger partial charge in [0.25, 0.3) is 0 Å². The van der Waals surface area contributed by atoms with Crippen molar-refractivity contribution in [1.29, 1.82) is 0 Å². The van der Waals surface area contributed by atoms with E-state index in [1.807, 2.05) is 0 Å². The summed E-state index contributed by atoms with van der Waals surface area (Å²) < 4.78 is 1.14. The molecule has 5 heteroatoms. The molecule has 0 aliphatic carbocycles. The average molecular weight is 345 g/mol. The summed E-state index contributed by atoms with van der Waals surface area (Å²) in [5.41, 5.74) is 6.16. The maximum Gasteiger partial charge on any atom is 0.0591 e. The fraction of sp³-hybridized carbons (Fsp3) is 0.385. The quantitative estimate of drug-likeness (QED) is 0.884. The van der Waals surface area contributed by atoms with Crippen molar-refractivity contribution in [2.75, 3.05) is 7.05 Å². The smallest absolute Gasteiger partial charge is 0.0591 e. The summed E-state index contributed by atoms with van der Waals surface area (Å²) in [7, 11) is 2.14. The van der Waals surface area contributed by atoms with E-state index in [1.165, 1.54) is 9.75 Å². The van der Waals surface area contributed by atoms with Crippen LogP contribution in [0, 0.1) is 0 Å². The molecule has 0 bridgehead atoms. The summed E-state index contributed by atoms with van der Waals surface area (Å²) >= 11 is 7.07. The van der Waals surface area contributed by atoms with Gasteiger partial charge < -0.3 is 5.73 Å². The van der Waals surface area contributed by atoms with E-state index < -0.39 is 0 Å². The normalized spacial score (nSPS) is 14.9. The number of nitrogens with zero attached hydrogens (tertiary/aromatic N) is 1. The van der Waals surface area contributed by atoms with Gasteiger partial charge in [0.2, 0.25) is 0 Å². The molecule has 2 nitrogen and oxygen atoms in total. The zero-order chi connectivity index (χ0) is 13.1. The SMILES string of the molecule is CC(N)C(c1cc(Br)cs1)N(C)Cc1cccs1. The lowest BCUT2D eigenvalue weighted by molar-refractivity contribution is 0.216. The van der Waals surface area contributed by atoms with Crippen molar-refractivity contribution in [1.82, 2.24) is 4.90 Å². The second-order valence-corrected chi connectivity index (χ2v) is 7.36. The second-order valence-electron chi connectivity index (χ2n) is 4.47. The zero-order valence-electron chi connectivity index (χ0n) is 10.5. The molecule has 2 N–H and O–H groups in total. The van der Waals surface area contributed by atoms with Crippen molar-refractivity contribution >= 4 is 38.6 Å². The molecule has 0 aliphatic rings. The molecule has 2 atom stereocenters. The maximum atomic E-state index is 6.16. The first kappa shape index (κ1) is 14.2. The zero-order valence-corrected chi connectivity index (χ0v) is 13.7. The number of hydrogen-bond donors (Lipinski definition) is 1. The van der Waals surface area contributed by atoms with E-state index in [9.17, 15) is 0 Å². The predicted octanol–water partition coefficient (Wildman–Crippen LogP) is 4.09. The predicted molar refractivity (Wildman–Crippen MR) is 84.2 cm³/mol. The van der Waals surface area contributed by atoms with Gasteiger partial charge in [0.15, 0.2) is 0 Å². The highest BCUT2D eigenvalue weighted by Gasteiger charge is 2.23. The Hall–Kier alpha value is -0.200. The van der Waals surface area contributed by atoms with Gasteiger partial charge in [0, 0.05) is 32.2 Å². The fourth-order valence-electron chi connectivity index (χ4n) is 2.11. The van der Waals surface area contributed by atoms with E-state index in [0.29, 0.717) is 0 Å². The van der Waals surface area contributed by atoms with Crippen molar-refractivity contribution in [3.63, 3.8) is 0 Å². The number of rotatable bonds is 5. The van der Waals surface area contributed by atoms with Gasteiger partial charge in [-0.05, 0) is 47.4 Å². The standard InChI is InChI=1S/C13H17BrN2S2/c1-9(15)13(12-6-10(14)8-18-12)16(2)7-11-4-3-5-17-11/h3-6,8-9,13H,7,15H2,1-2H3. The minimum Gasteiger partial charge on any atom is -0.326 e. The first-order valence-electron chi connectivity index (χ1n) is 5.80. The van der Waals surface area contributed by atoms with E-state index in [1.54, 1.807) is 22.7 Å². The molecule has 2 aromatic rings. The van der Waals surface area contributed by atoms with Crippen molar-refractivity contribution < 1.29 is 0 Å². The Kier molecular flexibility index (Phi) is 4.98. The molecule has 0 saturated heterocycles. The van der Waals surface area contributed by atoms with Gasteiger partial charge in [-0.3, -0.25) is 4.90 Å². The van der Waals surface area contributed by atoms with Crippen LogP contribution in [0.1, 0.15) is 22.7 Å². The van der Waals surface area contributed by atoms with Crippen molar-refractivity contribution in [2.45, 2.75) is 25.6 Å². The van der Waals surface area contributed by atoms with Crippen LogP contribution in [0.4, 0.5) is 0 Å². The van der Waals surface area contributed by atoms with Gasteiger partial charge in [-0.2, -0.15) is 0 Å². The van der Waals surface area contributed by atoms with Crippen LogP contribution >= 0.6 is 38.6 Å². The van der Waals surface area contributed by atoms with Crippen LogP contribution < -0.4 is 5.73 Å². The van der Waals surface area contributed by atoms with Gasteiger partial charge >= 0.3 is 0 Å². The number of halogens is 1. The lowest BCUT2D eigenvalue weighted by Gasteiger charge is -2.29. The van der Waals surface area contributed by atoms with Crippen molar-refractivity contribution in [2.24, 2.45) is 5.73 Å². The molecule has 2 heterocycles. The van der Waals surface area contributed by atoms with Crippen molar-refractivity contribution in [3.8, 4) is 0 Å². The van der Waals surface area contributed by atoms with Gasteiger partial charge in [-0.25, -0.2) is 0 Å². The second kappa shape index (κ2) is 6.30. The summed E-state index contributed by atoms with van der Waals surface area (Å²) in [5, 5.41) is 4.23.